The molecule has 9 rings (SSSR count). The summed E-state index contributed by atoms with van der Waals surface area (Å²) in [5, 5.41) is 5.04. The third-order valence-electron chi connectivity index (χ3n) is 8.66. The molecule has 0 saturated heterocycles. The first-order chi connectivity index (χ1) is 21.8. The van der Waals surface area contributed by atoms with Gasteiger partial charge >= 0.3 is 0 Å². The van der Waals surface area contributed by atoms with Crippen LogP contribution in [0.2, 0.25) is 0 Å². The molecule has 3 nitrogen and oxygen atoms in total. The highest BCUT2D eigenvalue weighted by Crippen LogP contribution is 2.37. The van der Waals surface area contributed by atoms with E-state index in [1.807, 2.05) is 24.3 Å². The van der Waals surface area contributed by atoms with Gasteiger partial charge in [-0.3, -0.25) is 0 Å². The topological polar surface area (TPSA) is 31.0 Å². The van der Waals surface area contributed by atoms with Crippen molar-refractivity contribution in [3.8, 4) is 39.4 Å². The molecule has 0 unspecified atom stereocenters. The Hall–Kier alpha value is -5.93. The zero-order valence-electron chi connectivity index (χ0n) is 23.8. The van der Waals surface area contributed by atoms with Gasteiger partial charge in [-0.05, 0) is 87.6 Å². The van der Waals surface area contributed by atoms with Crippen molar-refractivity contribution in [3.05, 3.63) is 158 Å². The van der Waals surface area contributed by atoms with Crippen LogP contribution in [0.1, 0.15) is 0 Å². The second-order valence-corrected chi connectivity index (χ2v) is 11.2. The molecular formula is C41H26N2O. The molecule has 0 aliphatic rings. The number of benzene rings is 7. The Morgan fingerprint density at radius 1 is 0.455 bits per heavy atom. The van der Waals surface area contributed by atoms with Gasteiger partial charge in [0.2, 0.25) is 5.89 Å². The Kier molecular flexibility index (Phi) is 5.50. The quantitative estimate of drug-likeness (QED) is 0.214. The minimum absolute atomic E-state index is 0.642. The molecule has 0 aliphatic carbocycles. The van der Waals surface area contributed by atoms with Gasteiger partial charge in [0.05, 0.1) is 11.0 Å². The zero-order chi connectivity index (χ0) is 29.0. The number of hydrogen-bond acceptors (Lipinski definition) is 2. The van der Waals surface area contributed by atoms with E-state index in [1.54, 1.807) is 0 Å². The van der Waals surface area contributed by atoms with Gasteiger partial charge in [0.15, 0.2) is 5.58 Å². The number of rotatable bonds is 4. The van der Waals surface area contributed by atoms with E-state index in [0.29, 0.717) is 5.89 Å². The molecule has 0 fully saturated rings. The number of aromatic nitrogens is 2. The third-order valence-corrected chi connectivity index (χ3v) is 8.66. The highest BCUT2D eigenvalue weighted by molar-refractivity contribution is 6.11. The lowest BCUT2D eigenvalue weighted by atomic mass is 9.97. The zero-order valence-corrected chi connectivity index (χ0v) is 23.8. The second-order valence-electron chi connectivity index (χ2n) is 11.2. The number of hydrogen-bond donors (Lipinski definition) is 0. The van der Waals surface area contributed by atoms with Crippen molar-refractivity contribution in [3.63, 3.8) is 0 Å². The minimum atomic E-state index is 0.642. The predicted octanol–water partition coefficient (Wildman–Crippen LogP) is 11.1. The highest BCUT2D eigenvalue weighted by Gasteiger charge is 2.14. The number of para-hydroxylation sites is 3. The van der Waals surface area contributed by atoms with E-state index in [-0.39, 0.29) is 0 Å². The van der Waals surface area contributed by atoms with Crippen LogP contribution in [0.5, 0.6) is 0 Å². The van der Waals surface area contributed by atoms with Crippen molar-refractivity contribution in [2.75, 3.05) is 0 Å². The maximum atomic E-state index is 5.96. The Balaban J connectivity index is 1.09. The fraction of sp³-hybridized carbons (Fsp3) is 0. The summed E-state index contributed by atoms with van der Waals surface area (Å²) in [5.41, 5.74) is 11.0. The Labute approximate surface area is 254 Å². The number of nitrogens with zero attached hydrogens (tertiary/aromatic N) is 2. The van der Waals surface area contributed by atoms with E-state index in [2.05, 4.69) is 143 Å². The second kappa shape index (κ2) is 9.82. The first kappa shape index (κ1) is 24.6. The molecule has 44 heavy (non-hydrogen) atoms. The van der Waals surface area contributed by atoms with Crippen LogP contribution in [0.15, 0.2) is 162 Å². The van der Waals surface area contributed by atoms with Crippen molar-refractivity contribution in [2.24, 2.45) is 0 Å². The lowest BCUT2D eigenvalue weighted by molar-refractivity contribution is 0.620. The number of oxazole rings is 1. The fourth-order valence-corrected chi connectivity index (χ4v) is 6.50. The Bertz CT molecular complexity index is 2440. The minimum Gasteiger partial charge on any atom is -0.436 e. The molecule has 0 atom stereocenters. The summed E-state index contributed by atoms with van der Waals surface area (Å²) in [5.74, 6) is 0.642. The van der Waals surface area contributed by atoms with Crippen LogP contribution in [0.4, 0.5) is 0 Å². The van der Waals surface area contributed by atoms with Crippen LogP contribution < -0.4 is 0 Å². The summed E-state index contributed by atoms with van der Waals surface area (Å²) >= 11 is 0. The van der Waals surface area contributed by atoms with Gasteiger partial charge in [-0.2, -0.15) is 0 Å². The largest absolute Gasteiger partial charge is 0.436 e. The van der Waals surface area contributed by atoms with Gasteiger partial charge < -0.3 is 8.98 Å². The molecule has 0 bridgehead atoms. The summed E-state index contributed by atoms with van der Waals surface area (Å²) in [4.78, 5) is 4.64. The number of fused-ring (bicyclic) bond motifs is 5. The lowest BCUT2D eigenvalue weighted by Gasteiger charge is -2.11. The van der Waals surface area contributed by atoms with Gasteiger partial charge in [-0.1, -0.05) is 103 Å². The monoisotopic (exact) mass is 562 g/mol. The van der Waals surface area contributed by atoms with Crippen molar-refractivity contribution < 1.29 is 4.42 Å². The molecular weight excluding hydrogens is 536 g/mol. The van der Waals surface area contributed by atoms with E-state index >= 15 is 0 Å². The van der Waals surface area contributed by atoms with Gasteiger partial charge in [0.25, 0.3) is 0 Å². The summed E-state index contributed by atoms with van der Waals surface area (Å²) < 4.78 is 8.34. The molecule has 7 aromatic carbocycles. The average molecular weight is 563 g/mol. The summed E-state index contributed by atoms with van der Waals surface area (Å²) in [7, 11) is 0. The summed E-state index contributed by atoms with van der Waals surface area (Å²) in [6.45, 7) is 0. The van der Waals surface area contributed by atoms with Gasteiger partial charge in [0.1, 0.15) is 5.52 Å². The van der Waals surface area contributed by atoms with Crippen LogP contribution in [0.25, 0.3) is 83.1 Å². The van der Waals surface area contributed by atoms with E-state index in [0.717, 1.165) is 33.5 Å². The normalized spacial score (nSPS) is 11.6. The van der Waals surface area contributed by atoms with E-state index in [9.17, 15) is 0 Å². The smallest absolute Gasteiger partial charge is 0.227 e. The van der Waals surface area contributed by atoms with Crippen molar-refractivity contribution in [2.45, 2.75) is 0 Å². The molecule has 0 N–H and O–H groups in total. The molecule has 0 saturated carbocycles. The lowest BCUT2D eigenvalue weighted by Crippen LogP contribution is -1.93. The van der Waals surface area contributed by atoms with E-state index < -0.39 is 0 Å². The van der Waals surface area contributed by atoms with Crippen LogP contribution in [0, 0.1) is 0 Å². The van der Waals surface area contributed by atoms with E-state index in [1.165, 1.54) is 43.7 Å². The van der Waals surface area contributed by atoms with Gasteiger partial charge in [-0.15, -0.1) is 0 Å². The van der Waals surface area contributed by atoms with Gasteiger partial charge in [0, 0.05) is 22.0 Å². The SMILES string of the molecule is c1ccc2c(-c3ccc4c(c3)c3ccccc3n4-c3ccc(-c4ccc(-c5nc6ccccc6o5)cc4)cc3)cccc2c1. The summed E-state index contributed by atoms with van der Waals surface area (Å²) in [6.07, 6.45) is 0. The van der Waals surface area contributed by atoms with Crippen LogP contribution in [0.3, 0.4) is 0 Å². The summed E-state index contributed by atoms with van der Waals surface area (Å²) in [6, 6.07) is 55.9. The van der Waals surface area contributed by atoms with Gasteiger partial charge in [-0.25, -0.2) is 4.98 Å². The highest BCUT2D eigenvalue weighted by atomic mass is 16.3. The molecule has 2 heterocycles. The third kappa shape index (κ3) is 3.94. The van der Waals surface area contributed by atoms with E-state index in [4.69, 9.17) is 4.42 Å². The Morgan fingerprint density at radius 2 is 1.09 bits per heavy atom. The molecule has 0 radical (unpaired) electrons. The average Bonchev–Trinajstić information content (AvgIpc) is 3.68. The molecule has 206 valence electrons. The van der Waals surface area contributed by atoms with Crippen LogP contribution in [-0.4, -0.2) is 9.55 Å². The van der Waals surface area contributed by atoms with Crippen LogP contribution in [-0.2, 0) is 0 Å². The van der Waals surface area contributed by atoms with Crippen molar-refractivity contribution in [1.29, 1.82) is 0 Å². The molecule has 2 aromatic heterocycles. The molecule has 0 aliphatic heterocycles. The maximum absolute atomic E-state index is 5.96. The van der Waals surface area contributed by atoms with Crippen molar-refractivity contribution >= 4 is 43.7 Å². The molecule has 0 spiro atoms. The molecule has 9 aromatic rings. The van der Waals surface area contributed by atoms with Crippen LogP contribution >= 0.6 is 0 Å². The Morgan fingerprint density at radius 3 is 1.93 bits per heavy atom. The van der Waals surface area contributed by atoms with Crippen molar-refractivity contribution in [1.82, 2.24) is 9.55 Å². The first-order valence-corrected chi connectivity index (χ1v) is 14.9. The standard InChI is InChI=1S/C41H26N2O/c1-2-10-33-29(8-1)9-7-12-34(33)31-22-25-39-36(26-31)35-11-3-5-14-38(35)43(39)32-23-20-28(21-24-32)27-16-18-30(19-17-27)41-42-37-13-4-6-15-40(37)44-41/h1-26H. The fourth-order valence-electron chi connectivity index (χ4n) is 6.50. The molecule has 0 amide bonds. The molecule has 3 heteroatoms. The predicted molar refractivity (Wildman–Crippen MR) is 182 cm³/mol. The first-order valence-electron chi connectivity index (χ1n) is 14.9. The maximum Gasteiger partial charge on any atom is 0.227 e.